The first-order valence-corrected chi connectivity index (χ1v) is 13.8. The monoisotopic (exact) mass is 608 g/mol. The van der Waals surface area contributed by atoms with Crippen LogP contribution in [-0.4, -0.2) is 32.5 Å². The van der Waals surface area contributed by atoms with Gasteiger partial charge in [0.15, 0.2) is 0 Å². The molecule has 2 heterocycles. The lowest BCUT2D eigenvalue weighted by atomic mass is 9.67. The third-order valence-corrected chi connectivity index (χ3v) is 8.20. The van der Waals surface area contributed by atoms with Crippen LogP contribution in [0.4, 0.5) is 13.2 Å². The lowest BCUT2D eigenvalue weighted by molar-refractivity contribution is -0.161. The molecule has 2 aromatic carbocycles. The molecule has 11 heteroatoms. The van der Waals surface area contributed by atoms with Gasteiger partial charge in [0.05, 0.1) is 29.5 Å². The summed E-state index contributed by atoms with van der Waals surface area (Å²) in [6.07, 6.45) is -3.90. The van der Waals surface area contributed by atoms with Crippen molar-refractivity contribution in [1.82, 2.24) is 9.47 Å². The number of alkyl halides is 3. The summed E-state index contributed by atoms with van der Waals surface area (Å²) in [5.74, 6) is -2.04. The fourth-order valence-corrected chi connectivity index (χ4v) is 6.09. The minimum Gasteiger partial charge on any atom is -0.481 e. The quantitative estimate of drug-likeness (QED) is 0.293. The van der Waals surface area contributed by atoms with Gasteiger partial charge in [-0.1, -0.05) is 61.3 Å². The Morgan fingerprint density at radius 2 is 1.73 bits per heavy atom. The SMILES string of the molecule is CCC(Cn1cc(C(F)(F)F)ccc1=O)N1C(=O)C(C)(CC(=O)O)CC(c2cccc(Cl)c2)C1c1ccc(Cl)cc1. The predicted octanol–water partition coefficient (Wildman–Crippen LogP) is 7.19. The van der Waals surface area contributed by atoms with E-state index in [2.05, 4.69) is 0 Å². The predicted molar refractivity (Wildman–Crippen MR) is 150 cm³/mol. The molecule has 1 fully saturated rings. The molecule has 4 unspecified atom stereocenters. The maximum absolute atomic E-state index is 14.3. The number of rotatable bonds is 8. The molecule has 41 heavy (non-hydrogen) atoms. The lowest BCUT2D eigenvalue weighted by Gasteiger charge is -2.52. The molecule has 1 aromatic heterocycles. The van der Waals surface area contributed by atoms with Crippen molar-refractivity contribution in [2.45, 2.75) is 63.8 Å². The summed E-state index contributed by atoms with van der Waals surface area (Å²) in [7, 11) is 0. The van der Waals surface area contributed by atoms with E-state index in [1.54, 1.807) is 61.2 Å². The highest BCUT2D eigenvalue weighted by atomic mass is 35.5. The first kappa shape index (κ1) is 30.7. The maximum Gasteiger partial charge on any atom is 0.417 e. The molecule has 0 aliphatic carbocycles. The van der Waals surface area contributed by atoms with E-state index >= 15 is 0 Å². The van der Waals surface area contributed by atoms with Gasteiger partial charge < -0.3 is 14.6 Å². The van der Waals surface area contributed by atoms with Crippen LogP contribution >= 0.6 is 23.2 Å². The Labute approximate surface area is 245 Å². The van der Waals surface area contributed by atoms with E-state index in [-0.39, 0.29) is 19.4 Å². The van der Waals surface area contributed by atoms with Gasteiger partial charge in [0.2, 0.25) is 5.91 Å². The minimum atomic E-state index is -4.66. The number of hydrogen-bond donors (Lipinski definition) is 1. The number of likely N-dealkylation sites (tertiary alicyclic amines) is 1. The number of hydrogen-bond acceptors (Lipinski definition) is 3. The minimum absolute atomic E-state index is 0.183. The summed E-state index contributed by atoms with van der Waals surface area (Å²) in [6, 6.07) is 14.2. The number of pyridine rings is 1. The zero-order chi connectivity index (χ0) is 30.1. The molecule has 0 bridgehead atoms. The molecule has 1 aliphatic rings. The number of carbonyl (C=O) groups is 2. The molecule has 3 aromatic rings. The van der Waals surface area contributed by atoms with Gasteiger partial charge in [-0.05, 0) is 54.3 Å². The highest BCUT2D eigenvalue weighted by Crippen LogP contribution is 2.52. The molecule has 0 spiro atoms. The van der Waals surface area contributed by atoms with Crippen molar-refractivity contribution in [3.63, 3.8) is 0 Å². The Balaban J connectivity index is 1.91. The van der Waals surface area contributed by atoms with Gasteiger partial charge in [0.25, 0.3) is 5.56 Å². The molecule has 4 atom stereocenters. The van der Waals surface area contributed by atoms with Gasteiger partial charge in [-0.15, -0.1) is 0 Å². The second-order valence-corrected chi connectivity index (χ2v) is 11.5. The zero-order valence-electron chi connectivity index (χ0n) is 22.4. The molecule has 0 saturated carbocycles. The average molecular weight is 609 g/mol. The van der Waals surface area contributed by atoms with Gasteiger partial charge in [-0.25, -0.2) is 0 Å². The summed E-state index contributed by atoms with van der Waals surface area (Å²) in [6.45, 7) is 3.14. The highest BCUT2D eigenvalue weighted by molar-refractivity contribution is 6.30. The van der Waals surface area contributed by atoms with Gasteiger partial charge in [0.1, 0.15) is 0 Å². The number of piperidine rings is 1. The Morgan fingerprint density at radius 3 is 2.32 bits per heavy atom. The molecular formula is C30H29Cl2F3N2O4. The van der Waals surface area contributed by atoms with Crippen molar-refractivity contribution in [3.8, 4) is 0 Å². The van der Waals surface area contributed by atoms with Crippen LogP contribution in [0.3, 0.4) is 0 Å². The highest BCUT2D eigenvalue weighted by Gasteiger charge is 2.52. The number of carboxylic acid groups (broad SMARTS) is 1. The van der Waals surface area contributed by atoms with E-state index in [9.17, 15) is 32.7 Å². The van der Waals surface area contributed by atoms with Gasteiger partial charge in [0, 0.05) is 34.8 Å². The molecule has 6 nitrogen and oxygen atoms in total. The number of nitrogens with zero attached hydrogens (tertiary/aromatic N) is 2. The van der Waals surface area contributed by atoms with Crippen molar-refractivity contribution in [2.75, 3.05) is 0 Å². The molecule has 218 valence electrons. The summed E-state index contributed by atoms with van der Waals surface area (Å²) in [5.41, 5.74) is -1.49. The molecule has 1 amide bonds. The number of carboxylic acids is 1. The van der Waals surface area contributed by atoms with Crippen LogP contribution in [0.15, 0.2) is 71.7 Å². The van der Waals surface area contributed by atoms with Crippen LogP contribution in [-0.2, 0) is 22.3 Å². The summed E-state index contributed by atoms with van der Waals surface area (Å²) < 4.78 is 41.4. The van der Waals surface area contributed by atoms with Gasteiger partial charge >= 0.3 is 12.1 Å². The first-order valence-electron chi connectivity index (χ1n) is 13.1. The maximum atomic E-state index is 14.3. The van der Waals surface area contributed by atoms with Crippen LogP contribution in [0.1, 0.15) is 61.8 Å². The Bertz CT molecular complexity index is 1490. The number of carbonyl (C=O) groups excluding carboxylic acids is 1. The molecule has 1 aliphatic heterocycles. The number of amides is 1. The van der Waals surface area contributed by atoms with E-state index in [1.165, 1.54) is 0 Å². The van der Waals surface area contributed by atoms with Crippen molar-refractivity contribution in [3.05, 3.63) is 104 Å². The molecule has 1 saturated heterocycles. The van der Waals surface area contributed by atoms with E-state index in [0.717, 1.165) is 28.5 Å². The molecular weight excluding hydrogens is 580 g/mol. The normalized spacial score (nSPS) is 22.0. The van der Waals surface area contributed by atoms with Crippen molar-refractivity contribution >= 4 is 35.1 Å². The first-order chi connectivity index (χ1) is 19.2. The second-order valence-electron chi connectivity index (χ2n) is 10.7. The standard InChI is InChI=1S/C30H29Cl2F3N2O4/c1-3-23(17-36-16-20(30(33,34)35)9-12-25(36)38)37-27(18-7-10-21(31)11-8-18)24(19-5-4-6-22(32)13-19)14-29(2,28(37)41)15-26(39)40/h4-13,16,23-24,27H,3,14-15,17H2,1-2H3,(H,39,40). The number of benzene rings is 2. The van der Waals surface area contributed by atoms with E-state index in [4.69, 9.17) is 23.2 Å². The smallest absolute Gasteiger partial charge is 0.417 e. The number of halogens is 5. The van der Waals surface area contributed by atoms with Crippen LogP contribution in [0.5, 0.6) is 0 Å². The molecule has 4 rings (SSSR count). The van der Waals surface area contributed by atoms with Crippen LogP contribution in [0.25, 0.3) is 0 Å². The van der Waals surface area contributed by atoms with Crippen molar-refractivity contribution in [1.29, 1.82) is 0 Å². The fraction of sp³-hybridized carbons (Fsp3) is 0.367. The lowest BCUT2D eigenvalue weighted by Crippen LogP contribution is -2.57. The third-order valence-electron chi connectivity index (χ3n) is 7.71. The fourth-order valence-electron chi connectivity index (χ4n) is 5.76. The van der Waals surface area contributed by atoms with E-state index < -0.39 is 59.0 Å². The summed E-state index contributed by atoms with van der Waals surface area (Å²) in [4.78, 5) is 40.5. The van der Waals surface area contributed by atoms with Crippen LogP contribution in [0, 0.1) is 5.41 Å². The molecule has 0 radical (unpaired) electrons. The van der Waals surface area contributed by atoms with Crippen molar-refractivity contribution in [2.24, 2.45) is 5.41 Å². The third kappa shape index (κ3) is 6.62. The van der Waals surface area contributed by atoms with Gasteiger partial charge in [-0.2, -0.15) is 13.2 Å². The summed E-state index contributed by atoms with van der Waals surface area (Å²) >= 11 is 12.5. The Hall–Kier alpha value is -3.30. The number of aliphatic carboxylic acids is 1. The van der Waals surface area contributed by atoms with Crippen molar-refractivity contribution < 1.29 is 27.9 Å². The van der Waals surface area contributed by atoms with Crippen LogP contribution < -0.4 is 5.56 Å². The number of aromatic nitrogens is 1. The van der Waals surface area contributed by atoms with E-state index in [1.807, 2.05) is 6.07 Å². The Morgan fingerprint density at radius 1 is 1.05 bits per heavy atom. The zero-order valence-corrected chi connectivity index (χ0v) is 23.9. The Kier molecular flexibility index (Phi) is 8.90. The van der Waals surface area contributed by atoms with E-state index in [0.29, 0.717) is 15.6 Å². The second kappa shape index (κ2) is 11.9. The average Bonchev–Trinajstić information content (AvgIpc) is 2.89. The molecule has 1 N–H and O–H groups in total. The topological polar surface area (TPSA) is 79.6 Å². The van der Waals surface area contributed by atoms with Crippen LogP contribution in [0.2, 0.25) is 10.0 Å². The largest absolute Gasteiger partial charge is 0.481 e. The summed E-state index contributed by atoms with van der Waals surface area (Å²) in [5, 5.41) is 10.7. The van der Waals surface area contributed by atoms with Gasteiger partial charge in [-0.3, -0.25) is 14.4 Å².